The molecule has 122 valence electrons. The third-order valence-electron chi connectivity index (χ3n) is 4.24. The Morgan fingerprint density at radius 2 is 1.67 bits per heavy atom. The van der Waals surface area contributed by atoms with E-state index in [1.54, 1.807) is 20.3 Å². The van der Waals surface area contributed by atoms with Gasteiger partial charge in [-0.15, -0.1) is 0 Å². The third kappa shape index (κ3) is 2.32. The number of benzene rings is 2. The quantitative estimate of drug-likeness (QED) is 0.309. The minimum atomic E-state index is 0. The van der Waals surface area contributed by atoms with E-state index >= 15 is 0 Å². The van der Waals surface area contributed by atoms with Crippen LogP contribution in [0.2, 0.25) is 0 Å². The molecular formula is C19H16BrNO3. The fourth-order valence-corrected chi connectivity index (χ4v) is 3.07. The van der Waals surface area contributed by atoms with Crippen LogP contribution in [0, 0.1) is 0 Å². The van der Waals surface area contributed by atoms with Crippen LogP contribution in [-0.2, 0) is 0 Å². The van der Waals surface area contributed by atoms with Gasteiger partial charge in [0, 0.05) is 17.5 Å². The number of aromatic hydroxyl groups is 1. The summed E-state index contributed by atoms with van der Waals surface area (Å²) < 4.78 is 12.6. The van der Waals surface area contributed by atoms with Crippen LogP contribution in [0.3, 0.4) is 0 Å². The summed E-state index contributed by atoms with van der Waals surface area (Å²) in [4.78, 5) is 0. The summed E-state index contributed by atoms with van der Waals surface area (Å²) >= 11 is 0. The van der Waals surface area contributed by atoms with Gasteiger partial charge in [-0.2, -0.15) is 4.40 Å². The molecule has 0 saturated carbocycles. The molecule has 0 bridgehead atoms. The van der Waals surface area contributed by atoms with E-state index < -0.39 is 0 Å². The molecule has 0 amide bonds. The van der Waals surface area contributed by atoms with Crippen LogP contribution in [0.4, 0.5) is 0 Å². The van der Waals surface area contributed by atoms with Gasteiger partial charge in [-0.3, -0.25) is 0 Å². The number of methoxy groups -OCH3 is 2. The molecule has 0 fully saturated rings. The van der Waals surface area contributed by atoms with Crippen molar-refractivity contribution in [2.45, 2.75) is 0 Å². The number of hydrogen-bond donors (Lipinski definition) is 1. The van der Waals surface area contributed by atoms with Crippen molar-refractivity contribution in [1.82, 2.24) is 0 Å². The molecule has 0 unspecified atom stereocenters. The number of phenols is 1. The largest absolute Gasteiger partial charge is 1.00 e. The number of rotatable bonds is 2. The summed E-state index contributed by atoms with van der Waals surface area (Å²) in [6.45, 7) is 0. The van der Waals surface area contributed by atoms with E-state index in [1.165, 1.54) is 0 Å². The molecule has 24 heavy (non-hydrogen) atoms. The van der Waals surface area contributed by atoms with Gasteiger partial charge in [0.1, 0.15) is 5.75 Å². The first-order valence-corrected chi connectivity index (χ1v) is 7.33. The van der Waals surface area contributed by atoms with Crippen LogP contribution in [0.15, 0.2) is 54.9 Å². The van der Waals surface area contributed by atoms with Gasteiger partial charge in [-0.05, 0) is 29.7 Å². The van der Waals surface area contributed by atoms with Crippen molar-refractivity contribution >= 4 is 27.1 Å². The molecule has 0 spiro atoms. The fourth-order valence-electron chi connectivity index (χ4n) is 3.07. The van der Waals surface area contributed by atoms with E-state index in [4.69, 9.17) is 9.47 Å². The highest BCUT2D eigenvalue weighted by Gasteiger charge is 2.15. The van der Waals surface area contributed by atoms with Crippen molar-refractivity contribution in [2.24, 2.45) is 0 Å². The minimum absolute atomic E-state index is 0. The summed E-state index contributed by atoms with van der Waals surface area (Å²) in [6.07, 6.45) is 3.89. The number of hydrogen-bond acceptors (Lipinski definition) is 3. The van der Waals surface area contributed by atoms with Crippen LogP contribution in [-0.4, -0.2) is 19.3 Å². The second-order valence-electron chi connectivity index (χ2n) is 5.42. The van der Waals surface area contributed by atoms with E-state index in [0.717, 1.165) is 32.8 Å². The van der Waals surface area contributed by atoms with E-state index in [9.17, 15) is 5.11 Å². The first-order valence-electron chi connectivity index (χ1n) is 7.33. The Morgan fingerprint density at radius 1 is 0.875 bits per heavy atom. The molecule has 4 nitrogen and oxygen atoms in total. The van der Waals surface area contributed by atoms with Crippen LogP contribution in [0.5, 0.6) is 17.2 Å². The van der Waals surface area contributed by atoms with Crippen molar-refractivity contribution in [3.63, 3.8) is 0 Å². The average molecular weight is 386 g/mol. The Labute approximate surface area is 149 Å². The number of aromatic nitrogens is 1. The molecule has 4 rings (SSSR count). The summed E-state index contributed by atoms with van der Waals surface area (Å²) in [6, 6.07) is 13.8. The maximum absolute atomic E-state index is 10.3. The first-order chi connectivity index (χ1) is 11.2. The van der Waals surface area contributed by atoms with Gasteiger partial charge in [0.25, 0.3) is 0 Å². The first kappa shape index (κ1) is 16.3. The van der Waals surface area contributed by atoms with Crippen molar-refractivity contribution in [3.05, 3.63) is 54.9 Å². The van der Waals surface area contributed by atoms with E-state index in [-0.39, 0.29) is 22.7 Å². The van der Waals surface area contributed by atoms with Gasteiger partial charge in [0.2, 0.25) is 5.52 Å². The molecule has 2 aromatic carbocycles. The van der Waals surface area contributed by atoms with E-state index in [1.807, 2.05) is 41.1 Å². The molecule has 0 atom stereocenters. The summed E-state index contributed by atoms with van der Waals surface area (Å²) in [5.41, 5.74) is 1.05. The topological polar surface area (TPSA) is 42.8 Å². The van der Waals surface area contributed by atoms with Gasteiger partial charge in [-0.25, -0.2) is 0 Å². The molecule has 2 aromatic heterocycles. The highest BCUT2D eigenvalue weighted by Crippen LogP contribution is 2.35. The molecule has 0 aliphatic rings. The van der Waals surface area contributed by atoms with E-state index in [0.29, 0.717) is 5.75 Å². The predicted octanol–water partition coefficient (Wildman–Crippen LogP) is 0.458. The maximum Gasteiger partial charge on any atom is 0.219 e. The SMILES string of the molecule is COc1ccc2cc3c4cccc(OC)c4cc[n+]3cc2c1O.[Br-]. The number of nitrogens with zero attached hydrogens (tertiary/aromatic N) is 1. The zero-order valence-corrected chi connectivity index (χ0v) is 14.9. The molecule has 0 aliphatic carbocycles. The number of fused-ring (bicyclic) bond motifs is 4. The van der Waals surface area contributed by atoms with Gasteiger partial charge in [0.05, 0.1) is 25.0 Å². The minimum Gasteiger partial charge on any atom is -1.00 e. The number of phenolic OH excluding ortho intramolecular Hbond substituents is 1. The standard InChI is InChI=1S/C19H15NO3.BrH/c1-22-17-5-3-4-13-14(17)8-9-20-11-15-12(10-16(13)20)6-7-18(23-2)19(15)21;/h3-11H,1-2H3;1H. The Balaban J connectivity index is 0.00000169. The lowest BCUT2D eigenvalue weighted by atomic mass is 10.1. The zero-order valence-electron chi connectivity index (χ0n) is 13.3. The van der Waals surface area contributed by atoms with Gasteiger partial charge < -0.3 is 31.6 Å². The average Bonchev–Trinajstić information content (AvgIpc) is 2.60. The van der Waals surface area contributed by atoms with Crippen molar-refractivity contribution in [3.8, 4) is 17.2 Å². The molecule has 0 saturated heterocycles. The molecule has 0 radical (unpaired) electrons. The van der Waals surface area contributed by atoms with Crippen LogP contribution < -0.4 is 30.9 Å². The Kier molecular flexibility index (Phi) is 4.20. The van der Waals surface area contributed by atoms with Gasteiger partial charge >= 0.3 is 0 Å². The Bertz CT molecular complexity index is 1060. The molecule has 0 aliphatic heterocycles. The molecule has 4 aromatic rings. The second kappa shape index (κ2) is 6.17. The van der Waals surface area contributed by atoms with Crippen LogP contribution in [0.1, 0.15) is 0 Å². The highest BCUT2D eigenvalue weighted by atomic mass is 79.9. The summed E-state index contributed by atoms with van der Waals surface area (Å²) in [5, 5.41) is 14.2. The summed E-state index contributed by atoms with van der Waals surface area (Å²) in [7, 11) is 3.23. The van der Waals surface area contributed by atoms with Crippen LogP contribution >= 0.6 is 0 Å². The number of ether oxygens (including phenoxy) is 2. The maximum atomic E-state index is 10.3. The van der Waals surface area contributed by atoms with Gasteiger partial charge in [0.15, 0.2) is 23.9 Å². The lowest BCUT2D eigenvalue weighted by Gasteiger charge is -2.07. The van der Waals surface area contributed by atoms with E-state index in [2.05, 4.69) is 12.1 Å². The molecular weight excluding hydrogens is 370 g/mol. The Hall–Kier alpha value is -2.53. The van der Waals surface area contributed by atoms with Gasteiger partial charge in [-0.1, -0.05) is 6.07 Å². The van der Waals surface area contributed by atoms with Crippen molar-refractivity contribution in [2.75, 3.05) is 14.2 Å². The zero-order chi connectivity index (χ0) is 16.0. The number of pyridine rings is 2. The van der Waals surface area contributed by atoms with Crippen molar-refractivity contribution in [1.29, 1.82) is 0 Å². The van der Waals surface area contributed by atoms with Crippen molar-refractivity contribution < 1.29 is 36.0 Å². The molecule has 1 N–H and O–H groups in total. The fraction of sp³-hybridized carbons (Fsp3) is 0.105. The van der Waals surface area contributed by atoms with Crippen LogP contribution in [0.25, 0.3) is 27.1 Å². The monoisotopic (exact) mass is 385 g/mol. The molecule has 5 heteroatoms. The smallest absolute Gasteiger partial charge is 0.219 e. The lowest BCUT2D eigenvalue weighted by Crippen LogP contribution is -3.00. The third-order valence-corrected chi connectivity index (χ3v) is 4.24. The normalized spacial score (nSPS) is 10.8. The second-order valence-corrected chi connectivity index (χ2v) is 5.42. The molecule has 2 heterocycles. The predicted molar refractivity (Wildman–Crippen MR) is 89.4 cm³/mol. The highest BCUT2D eigenvalue weighted by molar-refractivity contribution is 6.01. The summed E-state index contributed by atoms with van der Waals surface area (Å²) in [5.74, 6) is 1.48. The number of halogens is 1. The Morgan fingerprint density at radius 3 is 2.42 bits per heavy atom. The lowest BCUT2D eigenvalue weighted by molar-refractivity contribution is -0.509.